The van der Waals surface area contributed by atoms with E-state index >= 15 is 0 Å². The van der Waals surface area contributed by atoms with E-state index in [1.165, 1.54) is 22.3 Å². The van der Waals surface area contributed by atoms with Crippen molar-refractivity contribution >= 4 is 0 Å². The van der Waals surface area contributed by atoms with Crippen molar-refractivity contribution in [3.05, 3.63) is 65.0 Å². The van der Waals surface area contributed by atoms with Gasteiger partial charge in [-0.25, -0.2) is 0 Å². The Morgan fingerprint density at radius 1 is 1.11 bits per heavy atom. The van der Waals surface area contributed by atoms with Gasteiger partial charge in [0, 0.05) is 12.4 Å². The van der Waals surface area contributed by atoms with Gasteiger partial charge in [-0.15, -0.1) is 0 Å². The highest BCUT2D eigenvalue weighted by atomic mass is 14.9. The maximum absolute atomic E-state index is 4.24. The molecule has 2 aromatic rings. The molecule has 100 valence electrons. The van der Waals surface area contributed by atoms with Crippen molar-refractivity contribution in [3.8, 4) is 0 Å². The third kappa shape index (κ3) is 3.42. The number of nitrogens with zero attached hydrogens (tertiary/aromatic N) is 1. The number of hydrogen-bond acceptors (Lipinski definition) is 2. The molecule has 1 heterocycles. The van der Waals surface area contributed by atoms with Gasteiger partial charge in [0.1, 0.15) is 0 Å². The Hall–Kier alpha value is -1.67. The Balaban J connectivity index is 2.34. The van der Waals surface area contributed by atoms with Crippen molar-refractivity contribution in [2.24, 2.45) is 0 Å². The molecular weight excluding hydrogens is 232 g/mol. The zero-order valence-corrected chi connectivity index (χ0v) is 12.0. The fraction of sp³-hybridized carbons (Fsp3) is 0.353. The molecule has 2 rings (SSSR count). The maximum atomic E-state index is 4.24. The number of rotatable bonds is 5. The van der Waals surface area contributed by atoms with Gasteiger partial charge < -0.3 is 5.32 Å². The molecule has 2 heteroatoms. The first-order valence-electron chi connectivity index (χ1n) is 6.93. The molecule has 1 aromatic heterocycles. The number of aryl methyl sites for hydroxylation is 2. The van der Waals surface area contributed by atoms with E-state index in [0.717, 1.165) is 13.0 Å². The number of pyridine rings is 1. The topological polar surface area (TPSA) is 24.9 Å². The summed E-state index contributed by atoms with van der Waals surface area (Å²) in [4.78, 5) is 4.24. The molecule has 0 spiro atoms. The van der Waals surface area contributed by atoms with Crippen molar-refractivity contribution in [2.45, 2.75) is 33.2 Å². The lowest BCUT2D eigenvalue weighted by molar-refractivity contribution is 0.596. The third-order valence-corrected chi connectivity index (χ3v) is 3.48. The van der Waals surface area contributed by atoms with Crippen LogP contribution in [0.5, 0.6) is 0 Å². The summed E-state index contributed by atoms with van der Waals surface area (Å²) in [7, 11) is 0. The zero-order valence-electron chi connectivity index (χ0n) is 12.0. The average Bonchev–Trinajstić information content (AvgIpc) is 2.44. The SMILES string of the molecule is CCCNC(c1cccnc1)c1ccc(C)c(C)c1. The van der Waals surface area contributed by atoms with Crippen LogP contribution >= 0.6 is 0 Å². The van der Waals surface area contributed by atoms with E-state index in [9.17, 15) is 0 Å². The van der Waals surface area contributed by atoms with Gasteiger partial charge in [-0.05, 0) is 55.1 Å². The molecule has 2 nitrogen and oxygen atoms in total. The van der Waals surface area contributed by atoms with E-state index in [2.05, 4.69) is 55.3 Å². The molecule has 0 aliphatic rings. The summed E-state index contributed by atoms with van der Waals surface area (Å²) in [5.41, 5.74) is 5.21. The van der Waals surface area contributed by atoms with Crippen molar-refractivity contribution in [2.75, 3.05) is 6.54 Å². The van der Waals surface area contributed by atoms with Crippen LogP contribution in [-0.4, -0.2) is 11.5 Å². The summed E-state index contributed by atoms with van der Waals surface area (Å²) < 4.78 is 0. The Kier molecular flexibility index (Phi) is 4.69. The van der Waals surface area contributed by atoms with Crippen molar-refractivity contribution < 1.29 is 0 Å². The second-order valence-electron chi connectivity index (χ2n) is 5.02. The van der Waals surface area contributed by atoms with E-state index in [1.54, 1.807) is 0 Å². The van der Waals surface area contributed by atoms with Crippen molar-refractivity contribution in [1.29, 1.82) is 0 Å². The Morgan fingerprint density at radius 3 is 2.58 bits per heavy atom. The molecule has 1 N–H and O–H groups in total. The lowest BCUT2D eigenvalue weighted by atomic mass is 9.96. The predicted octanol–water partition coefficient (Wildman–Crippen LogP) is 3.79. The van der Waals surface area contributed by atoms with Crippen LogP contribution in [0.2, 0.25) is 0 Å². The lowest BCUT2D eigenvalue weighted by Crippen LogP contribution is -2.23. The zero-order chi connectivity index (χ0) is 13.7. The fourth-order valence-corrected chi connectivity index (χ4v) is 2.21. The standard InChI is InChI=1S/C17H22N2/c1-4-9-19-17(16-6-5-10-18-12-16)15-8-7-13(2)14(3)11-15/h5-8,10-12,17,19H,4,9H2,1-3H3. The van der Waals surface area contributed by atoms with Gasteiger partial charge in [0.25, 0.3) is 0 Å². The molecule has 0 saturated carbocycles. The minimum absolute atomic E-state index is 0.230. The maximum Gasteiger partial charge on any atom is 0.0592 e. The molecule has 0 saturated heterocycles. The largest absolute Gasteiger partial charge is 0.306 e. The van der Waals surface area contributed by atoms with Gasteiger partial charge in [0.15, 0.2) is 0 Å². The molecule has 0 aliphatic carbocycles. The summed E-state index contributed by atoms with van der Waals surface area (Å²) in [6, 6.07) is 11.0. The van der Waals surface area contributed by atoms with Crippen LogP contribution in [0.15, 0.2) is 42.7 Å². The normalized spacial score (nSPS) is 12.4. The minimum atomic E-state index is 0.230. The van der Waals surface area contributed by atoms with Crippen LogP contribution in [0, 0.1) is 13.8 Å². The second kappa shape index (κ2) is 6.48. The smallest absolute Gasteiger partial charge is 0.0592 e. The van der Waals surface area contributed by atoms with E-state index in [1.807, 2.05) is 18.5 Å². The molecule has 0 fully saturated rings. The lowest BCUT2D eigenvalue weighted by Gasteiger charge is -2.20. The molecule has 19 heavy (non-hydrogen) atoms. The number of nitrogens with one attached hydrogen (secondary N) is 1. The van der Waals surface area contributed by atoms with Gasteiger partial charge in [0.05, 0.1) is 6.04 Å². The summed E-state index contributed by atoms with van der Waals surface area (Å²) >= 11 is 0. The molecule has 0 bridgehead atoms. The van der Waals surface area contributed by atoms with Crippen LogP contribution in [0.1, 0.15) is 41.6 Å². The van der Waals surface area contributed by atoms with Gasteiger partial charge in [0.2, 0.25) is 0 Å². The summed E-state index contributed by atoms with van der Waals surface area (Å²) in [6.07, 6.45) is 4.89. The first kappa shape index (κ1) is 13.8. The quantitative estimate of drug-likeness (QED) is 0.878. The van der Waals surface area contributed by atoms with Crippen molar-refractivity contribution in [3.63, 3.8) is 0 Å². The highest BCUT2D eigenvalue weighted by Gasteiger charge is 2.13. The Bertz CT molecular complexity index is 520. The average molecular weight is 254 g/mol. The van der Waals surface area contributed by atoms with Crippen LogP contribution < -0.4 is 5.32 Å². The fourth-order valence-electron chi connectivity index (χ4n) is 2.21. The summed E-state index contributed by atoms with van der Waals surface area (Å²) in [5, 5.41) is 3.61. The van der Waals surface area contributed by atoms with E-state index in [0.29, 0.717) is 0 Å². The van der Waals surface area contributed by atoms with E-state index < -0.39 is 0 Å². The van der Waals surface area contributed by atoms with E-state index in [-0.39, 0.29) is 6.04 Å². The second-order valence-corrected chi connectivity index (χ2v) is 5.02. The monoisotopic (exact) mass is 254 g/mol. The first-order chi connectivity index (χ1) is 9.22. The predicted molar refractivity (Wildman–Crippen MR) is 80.3 cm³/mol. The number of benzene rings is 1. The van der Waals surface area contributed by atoms with Crippen LogP contribution in [-0.2, 0) is 0 Å². The van der Waals surface area contributed by atoms with Gasteiger partial charge in [-0.2, -0.15) is 0 Å². The van der Waals surface area contributed by atoms with Crippen molar-refractivity contribution in [1.82, 2.24) is 10.3 Å². The van der Waals surface area contributed by atoms with Crippen LogP contribution in [0.4, 0.5) is 0 Å². The Labute approximate surface area is 115 Å². The highest BCUT2D eigenvalue weighted by Crippen LogP contribution is 2.23. The number of hydrogen-bond donors (Lipinski definition) is 1. The molecule has 1 aromatic carbocycles. The van der Waals surface area contributed by atoms with Gasteiger partial charge in [-0.3, -0.25) is 4.98 Å². The molecule has 1 atom stereocenters. The van der Waals surface area contributed by atoms with E-state index in [4.69, 9.17) is 0 Å². The molecule has 0 aliphatic heterocycles. The first-order valence-corrected chi connectivity index (χ1v) is 6.93. The molecule has 1 unspecified atom stereocenters. The van der Waals surface area contributed by atoms with Crippen LogP contribution in [0.3, 0.4) is 0 Å². The molecule has 0 radical (unpaired) electrons. The third-order valence-electron chi connectivity index (χ3n) is 3.48. The Morgan fingerprint density at radius 2 is 1.95 bits per heavy atom. The highest BCUT2D eigenvalue weighted by molar-refractivity contribution is 5.36. The van der Waals surface area contributed by atoms with Crippen LogP contribution in [0.25, 0.3) is 0 Å². The molecule has 0 amide bonds. The molecular formula is C17H22N2. The summed E-state index contributed by atoms with van der Waals surface area (Å²) in [5.74, 6) is 0. The number of aromatic nitrogens is 1. The summed E-state index contributed by atoms with van der Waals surface area (Å²) in [6.45, 7) is 7.51. The van der Waals surface area contributed by atoms with Gasteiger partial charge in [-0.1, -0.05) is 31.2 Å². The minimum Gasteiger partial charge on any atom is -0.306 e. The van der Waals surface area contributed by atoms with Gasteiger partial charge >= 0.3 is 0 Å².